The van der Waals surface area contributed by atoms with Crippen molar-refractivity contribution in [3.8, 4) is 5.82 Å². The molecule has 1 saturated heterocycles. The molecule has 3 aromatic rings. The lowest BCUT2D eigenvalue weighted by Crippen LogP contribution is -2.49. The number of hydrogen-bond acceptors (Lipinski definition) is 6. The van der Waals surface area contributed by atoms with Crippen molar-refractivity contribution in [1.82, 2.24) is 24.3 Å². The summed E-state index contributed by atoms with van der Waals surface area (Å²) in [5, 5.41) is 13.1. The summed E-state index contributed by atoms with van der Waals surface area (Å²) in [5.41, 5.74) is 2.74. The molecule has 1 aliphatic heterocycles. The minimum atomic E-state index is -3.33. The van der Waals surface area contributed by atoms with Gasteiger partial charge in [-0.05, 0) is 37.6 Å². The van der Waals surface area contributed by atoms with Gasteiger partial charge in [0.05, 0.1) is 11.4 Å². The van der Waals surface area contributed by atoms with Crippen LogP contribution in [-0.2, 0) is 15.8 Å². The van der Waals surface area contributed by atoms with Gasteiger partial charge < -0.3 is 4.90 Å². The summed E-state index contributed by atoms with van der Waals surface area (Å²) in [4.78, 5) is 2.06. The van der Waals surface area contributed by atoms with Crippen LogP contribution >= 0.6 is 0 Å². The summed E-state index contributed by atoms with van der Waals surface area (Å²) in [6.07, 6.45) is 0. The predicted molar refractivity (Wildman–Crippen MR) is 111 cm³/mol. The van der Waals surface area contributed by atoms with Gasteiger partial charge in [-0.1, -0.05) is 30.3 Å². The van der Waals surface area contributed by atoms with Gasteiger partial charge in [-0.15, -0.1) is 10.2 Å². The Morgan fingerprint density at radius 1 is 0.897 bits per heavy atom. The number of sulfonamides is 1. The highest BCUT2D eigenvalue weighted by atomic mass is 32.2. The van der Waals surface area contributed by atoms with E-state index in [1.165, 1.54) is 0 Å². The van der Waals surface area contributed by atoms with Crippen LogP contribution in [0.25, 0.3) is 5.82 Å². The number of nitrogens with zero attached hydrogens (tertiary/aromatic N) is 6. The van der Waals surface area contributed by atoms with E-state index in [1.54, 1.807) is 8.99 Å². The van der Waals surface area contributed by atoms with Crippen molar-refractivity contribution in [2.75, 3.05) is 31.1 Å². The number of benzene rings is 1. The number of anilines is 1. The van der Waals surface area contributed by atoms with Gasteiger partial charge in [0.2, 0.25) is 10.0 Å². The Hall–Kier alpha value is -2.78. The van der Waals surface area contributed by atoms with Gasteiger partial charge in [0.25, 0.3) is 0 Å². The van der Waals surface area contributed by atoms with Crippen LogP contribution in [0.1, 0.15) is 17.0 Å². The lowest BCUT2D eigenvalue weighted by molar-refractivity contribution is 0.383. The fourth-order valence-electron chi connectivity index (χ4n) is 3.53. The molecule has 0 unspecified atom stereocenters. The maximum atomic E-state index is 12.7. The van der Waals surface area contributed by atoms with Crippen molar-refractivity contribution in [3.63, 3.8) is 0 Å². The fraction of sp³-hybridized carbons (Fsp3) is 0.350. The smallest absolute Gasteiger partial charge is 0.218 e. The maximum Gasteiger partial charge on any atom is 0.218 e. The van der Waals surface area contributed by atoms with Crippen molar-refractivity contribution in [2.24, 2.45) is 0 Å². The molecule has 0 spiro atoms. The van der Waals surface area contributed by atoms with Gasteiger partial charge in [-0.2, -0.15) is 9.40 Å². The van der Waals surface area contributed by atoms with E-state index in [2.05, 4.69) is 20.2 Å². The van der Waals surface area contributed by atoms with E-state index in [9.17, 15) is 8.42 Å². The summed E-state index contributed by atoms with van der Waals surface area (Å²) < 4.78 is 28.7. The topological polar surface area (TPSA) is 84.2 Å². The van der Waals surface area contributed by atoms with E-state index < -0.39 is 10.0 Å². The average Bonchev–Trinajstić information content (AvgIpc) is 3.07. The number of aryl methyl sites for hydroxylation is 2. The largest absolute Gasteiger partial charge is 0.352 e. The summed E-state index contributed by atoms with van der Waals surface area (Å²) in [7, 11) is -3.33. The van der Waals surface area contributed by atoms with Crippen molar-refractivity contribution in [2.45, 2.75) is 19.6 Å². The highest BCUT2D eigenvalue weighted by molar-refractivity contribution is 7.88. The molecule has 4 rings (SSSR count). The van der Waals surface area contributed by atoms with Gasteiger partial charge in [-0.3, -0.25) is 0 Å². The van der Waals surface area contributed by atoms with Crippen LogP contribution < -0.4 is 4.90 Å². The van der Waals surface area contributed by atoms with Crippen LogP contribution in [0.4, 0.5) is 5.82 Å². The minimum Gasteiger partial charge on any atom is -0.352 e. The van der Waals surface area contributed by atoms with Crippen molar-refractivity contribution >= 4 is 15.8 Å². The zero-order valence-electron chi connectivity index (χ0n) is 16.6. The molecule has 1 fully saturated rings. The lowest BCUT2D eigenvalue weighted by atomic mass is 10.2. The monoisotopic (exact) mass is 412 g/mol. The highest BCUT2D eigenvalue weighted by Gasteiger charge is 2.27. The third kappa shape index (κ3) is 4.30. The number of piperazine rings is 1. The molecule has 0 amide bonds. The second-order valence-electron chi connectivity index (χ2n) is 7.22. The molecule has 0 N–H and O–H groups in total. The van der Waals surface area contributed by atoms with Gasteiger partial charge in [-0.25, -0.2) is 13.1 Å². The van der Waals surface area contributed by atoms with Gasteiger partial charge >= 0.3 is 0 Å². The lowest BCUT2D eigenvalue weighted by Gasteiger charge is -2.34. The predicted octanol–water partition coefficient (Wildman–Crippen LogP) is 1.93. The SMILES string of the molecule is Cc1cc(C)n(-c2ccc(N3CCN(S(=O)(=O)Cc4ccccc4)CC3)nn2)n1. The highest BCUT2D eigenvalue weighted by Crippen LogP contribution is 2.18. The normalized spacial score (nSPS) is 15.6. The van der Waals surface area contributed by atoms with Gasteiger partial charge in [0.1, 0.15) is 0 Å². The Balaban J connectivity index is 1.40. The van der Waals surface area contributed by atoms with Crippen molar-refractivity contribution in [3.05, 3.63) is 65.5 Å². The van der Waals surface area contributed by atoms with Crippen LogP contribution in [0.2, 0.25) is 0 Å². The first kappa shape index (κ1) is 19.5. The van der Waals surface area contributed by atoms with E-state index >= 15 is 0 Å². The molecule has 0 aliphatic carbocycles. The zero-order chi connectivity index (χ0) is 20.4. The molecule has 3 heterocycles. The Kier molecular flexibility index (Phi) is 5.33. The maximum absolute atomic E-state index is 12.7. The second kappa shape index (κ2) is 7.92. The Labute approximate surface area is 170 Å². The molecule has 0 saturated carbocycles. The molecular formula is C20H24N6O2S. The summed E-state index contributed by atoms with van der Waals surface area (Å²) in [6, 6.07) is 15.1. The van der Waals surface area contributed by atoms with E-state index in [1.807, 2.05) is 62.4 Å². The molecule has 0 atom stereocenters. The molecule has 0 bridgehead atoms. The van der Waals surface area contributed by atoms with Gasteiger partial charge in [0.15, 0.2) is 11.6 Å². The first-order chi connectivity index (χ1) is 13.9. The van der Waals surface area contributed by atoms with E-state index in [0.29, 0.717) is 32.0 Å². The first-order valence-corrected chi connectivity index (χ1v) is 11.2. The number of rotatable bonds is 5. The molecule has 2 aromatic heterocycles. The van der Waals surface area contributed by atoms with Crippen molar-refractivity contribution in [1.29, 1.82) is 0 Å². The molecular weight excluding hydrogens is 388 g/mol. The van der Waals surface area contributed by atoms with Crippen LogP contribution in [0.3, 0.4) is 0 Å². The summed E-state index contributed by atoms with van der Waals surface area (Å²) in [6.45, 7) is 5.97. The number of hydrogen-bond donors (Lipinski definition) is 0. The first-order valence-electron chi connectivity index (χ1n) is 9.56. The zero-order valence-corrected chi connectivity index (χ0v) is 17.4. The third-order valence-corrected chi connectivity index (χ3v) is 6.86. The molecule has 9 heteroatoms. The molecule has 152 valence electrons. The quantitative estimate of drug-likeness (QED) is 0.637. The van der Waals surface area contributed by atoms with E-state index in [0.717, 1.165) is 22.8 Å². The second-order valence-corrected chi connectivity index (χ2v) is 9.19. The van der Waals surface area contributed by atoms with Crippen LogP contribution in [0.5, 0.6) is 0 Å². The van der Waals surface area contributed by atoms with Gasteiger partial charge in [0, 0.05) is 31.9 Å². The minimum absolute atomic E-state index is 0.0327. The molecule has 0 radical (unpaired) electrons. The Bertz CT molecular complexity index is 1070. The molecule has 1 aromatic carbocycles. The Morgan fingerprint density at radius 3 is 2.14 bits per heavy atom. The summed E-state index contributed by atoms with van der Waals surface area (Å²) in [5.74, 6) is 1.45. The van der Waals surface area contributed by atoms with Crippen LogP contribution in [-0.4, -0.2) is 58.9 Å². The fourth-order valence-corrected chi connectivity index (χ4v) is 5.05. The van der Waals surface area contributed by atoms with E-state index in [-0.39, 0.29) is 5.75 Å². The Morgan fingerprint density at radius 2 is 1.55 bits per heavy atom. The summed E-state index contributed by atoms with van der Waals surface area (Å²) >= 11 is 0. The van der Waals surface area contributed by atoms with Crippen molar-refractivity contribution < 1.29 is 8.42 Å². The molecule has 8 nitrogen and oxygen atoms in total. The standard InChI is InChI=1S/C20H24N6O2S/c1-16-14-17(2)26(23-16)20-9-8-19(21-22-20)24-10-12-25(13-11-24)29(27,28)15-18-6-4-3-5-7-18/h3-9,14H,10-13,15H2,1-2H3. The number of aromatic nitrogens is 4. The van der Waals surface area contributed by atoms with Crippen LogP contribution in [0.15, 0.2) is 48.5 Å². The van der Waals surface area contributed by atoms with Crippen LogP contribution in [0, 0.1) is 13.8 Å². The van der Waals surface area contributed by atoms with E-state index in [4.69, 9.17) is 0 Å². The molecule has 29 heavy (non-hydrogen) atoms. The molecule has 1 aliphatic rings. The third-order valence-electron chi connectivity index (χ3n) is 5.01. The average molecular weight is 413 g/mol.